The van der Waals surface area contributed by atoms with Crippen LogP contribution in [0.4, 0.5) is 13.2 Å². The Labute approximate surface area is 130 Å². The van der Waals surface area contributed by atoms with Crippen LogP contribution in [-0.4, -0.2) is 40.3 Å². The number of halogens is 3. The van der Waals surface area contributed by atoms with E-state index in [-0.39, 0.29) is 17.5 Å². The second-order valence-corrected chi connectivity index (χ2v) is 5.87. The Kier molecular flexibility index (Phi) is 3.99. The van der Waals surface area contributed by atoms with Crippen molar-refractivity contribution in [2.45, 2.75) is 43.9 Å². The van der Waals surface area contributed by atoms with E-state index in [9.17, 15) is 22.8 Å². The van der Waals surface area contributed by atoms with E-state index < -0.39 is 23.8 Å². The minimum Gasteiger partial charge on any atom is -0.352 e. The molecule has 1 N–H and O–H groups in total. The van der Waals surface area contributed by atoms with Gasteiger partial charge in [-0.25, -0.2) is 0 Å². The highest BCUT2D eigenvalue weighted by atomic mass is 19.4. The number of pyridine rings is 1. The van der Waals surface area contributed by atoms with Gasteiger partial charge in [0, 0.05) is 18.8 Å². The van der Waals surface area contributed by atoms with E-state index in [2.05, 4.69) is 10.3 Å². The van der Waals surface area contributed by atoms with Gasteiger partial charge in [0.1, 0.15) is 11.7 Å². The first kappa shape index (κ1) is 15.8. The molecule has 2 fully saturated rings. The van der Waals surface area contributed by atoms with Gasteiger partial charge in [0.2, 0.25) is 5.91 Å². The summed E-state index contributed by atoms with van der Waals surface area (Å²) >= 11 is 0. The largest absolute Gasteiger partial charge is 0.433 e. The first-order chi connectivity index (χ1) is 10.9. The van der Waals surface area contributed by atoms with Crippen molar-refractivity contribution in [2.24, 2.45) is 0 Å². The van der Waals surface area contributed by atoms with Crippen molar-refractivity contribution in [2.75, 3.05) is 6.54 Å². The SMILES string of the molecule is O=C(NC1CC1)C1CCCN1C(=O)c1ccc(C(F)(F)F)nc1. The van der Waals surface area contributed by atoms with E-state index in [4.69, 9.17) is 0 Å². The number of nitrogens with one attached hydrogen (secondary N) is 1. The molecule has 1 atom stereocenters. The fourth-order valence-electron chi connectivity index (χ4n) is 2.66. The number of carbonyl (C=O) groups excluding carboxylic acids is 2. The number of likely N-dealkylation sites (tertiary alicyclic amines) is 1. The molecule has 23 heavy (non-hydrogen) atoms. The van der Waals surface area contributed by atoms with Crippen LogP contribution in [0, 0.1) is 0 Å². The van der Waals surface area contributed by atoms with Gasteiger partial charge in [0.25, 0.3) is 5.91 Å². The van der Waals surface area contributed by atoms with Gasteiger partial charge in [-0.2, -0.15) is 13.2 Å². The molecule has 1 saturated carbocycles. The summed E-state index contributed by atoms with van der Waals surface area (Å²) in [6.45, 7) is 0.419. The molecule has 0 spiro atoms. The van der Waals surface area contributed by atoms with Gasteiger partial charge < -0.3 is 10.2 Å². The van der Waals surface area contributed by atoms with E-state index in [1.54, 1.807) is 0 Å². The average molecular weight is 327 g/mol. The molecule has 3 rings (SSSR count). The monoisotopic (exact) mass is 327 g/mol. The Morgan fingerprint density at radius 3 is 2.52 bits per heavy atom. The number of rotatable bonds is 3. The Balaban J connectivity index is 1.72. The van der Waals surface area contributed by atoms with Crippen molar-refractivity contribution in [3.8, 4) is 0 Å². The number of aromatic nitrogens is 1. The topological polar surface area (TPSA) is 62.3 Å². The Morgan fingerprint density at radius 1 is 1.22 bits per heavy atom. The highest BCUT2D eigenvalue weighted by Gasteiger charge is 2.37. The molecule has 2 aliphatic rings. The Hall–Kier alpha value is -2.12. The molecule has 0 aromatic carbocycles. The lowest BCUT2D eigenvalue weighted by atomic mass is 10.1. The molecule has 1 aromatic heterocycles. The molecule has 1 saturated heterocycles. The van der Waals surface area contributed by atoms with Crippen LogP contribution in [0.3, 0.4) is 0 Å². The quantitative estimate of drug-likeness (QED) is 0.923. The summed E-state index contributed by atoms with van der Waals surface area (Å²) < 4.78 is 37.5. The molecule has 0 radical (unpaired) electrons. The van der Waals surface area contributed by atoms with E-state index >= 15 is 0 Å². The van der Waals surface area contributed by atoms with Gasteiger partial charge in [-0.15, -0.1) is 0 Å². The third kappa shape index (κ3) is 3.46. The number of hydrogen-bond donors (Lipinski definition) is 1. The van der Waals surface area contributed by atoms with Gasteiger partial charge in [0.05, 0.1) is 5.56 Å². The summed E-state index contributed by atoms with van der Waals surface area (Å²) in [4.78, 5) is 29.3. The van der Waals surface area contributed by atoms with E-state index in [0.717, 1.165) is 31.2 Å². The van der Waals surface area contributed by atoms with Crippen LogP contribution in [-0.2, 0) is 11.0 Å². The fraction of sp³-hybridized carbons (Fsp3) is 0.533. The van der Waals surface area contributed by atoms with Crippen LogP contribution >= 0.6 is 0 Å². The lowest BCUT2D eigenvalue weighted by Gasteiger charge is -2.24. The van der Waals surface area contributed by atoms with Crippen LogP contribution in [0.1, 0.15) is 41.7 Å². The van der Waals surface area contributed by atoms with Crippen molar-refractivity contribution >= 4 is 11.8 Å². The molecule has 5 nitrogen and oxygen atoms in total. The maximum Gasteiger partial charge on any atom is 0.433 e. The maximum absolute atomic E-state index is 12.5. The van der Waals surface area contributed by atoms with Crippen molar-refractivity contribution in [1.82, 2.24) is 15.2 Å². The Bertz CT molecular complexity index is 611. The molecule has 2 amide bonds. The summed E-state index contributed by atoms with van der Waals surface area (Å²) in [7, 11) is 0. The molecule has 8 heteroatoms. The van der Waals surface area contributed by atoms with Crippen LogP contribution in [0.15, 0.2) is 18.3 Å². The predicted octanol–water partition coefficient (Wildman–Crippen LogP) is 1.98. The van der Waals surface area contributed by atoms with Crippen molar-refractivity contribution in [3.05, 3.63) is 29.6 Å². The molecule has 0 bridgehead atoms. The zero-order valence-corrected chi connectivity index (χ0v) is 12.3. The number of amides is 2. The zero-order chi connectivity index (χ0) is 16.6. The van der Waals surface area contributed by atoms with Gasteiger partial charge in [-0.05, 0) is 37.8 Å². The van der Waals surface area contributed by atoms with E-state index in [1.165, 1.54) is 4.90 Å². The minimum absolute atomic E-state index is 0.0594. The third-order valence-corrected chi connectivity index (χ3v) is 4.04. The van der Waals surface area contributed by atoms with Crippen LogP contribution < -0.4 is 5.32 Å². The Morgan fingerprint density at radius 2 is 1.96 bits per heavy atom. The summed E-state index contributed by atoms with van der Waals surface area (Å²) in [5, 5.41) is 2.86. The van der Waals surface area contributed by atoms with Gasteiger partial charge in [-0.1, -0.05) is 0 Å². The van der Waals surface area contributed by atoms with Crippen molar-refractivity contribution in [3.63, 3.8) is 0 Å². The number of hydrogen-bond acceptors (Lipinski definition) is 3. The van der Waals surface area contributed by atoms with Gasteiger partial charge in [0.15, 0.2) is 0 Å². The average Bonchev–Trinajstić information content (AvgIpc) is 3.17. The molecule has 2 heterocycles. The maximum atomic E-state index is 12.5. The molecule has 1 aliphatic carbocycles. The minimum atomic E-state index is -4.54. The van der Waals surface area contributed by atoms with Gasteiger partial charge in [-0.3, -0.25) is 14.6 Å². The van der Waals surface area contributed by atoms with Crippen LogP contribution in [0.2, 0.25) is 0 Å². The molecule has 1 unspecified atom stereocenters. The molecular formula is C15H16F3N3O2. The second kappa shape index (κ2) is 5.82. The smallest absolute Gasteiger partial charge is 0.352 e. The molecule has 1 aromatic rings. The lowest BCUT2D eigenvalue weighted by molar-refractivity contribution is -0.141. The second-order valence-electron chi connectivity index (χ2n) is 5.87. The first-order valence-electron chi connectivity index (χ1n) is 7.51. The zero-order valence-electron chi connectivity index (χ0n) is 12.3. The third-order valence-electron chi connectivity index (χ3n) is 4.04. The molecular weight excluding hydrogens is 311 g/mol. The lowest BCUT2D eigenvalue weighted by Crippen LogP contribution is -2.46. The highest BCUT2D eigenvalue weighted by molar-refractivity contribution is 5.97. The standard InChI is InChI=1S/C15H16F3N3O2/c16-15(17,18)12-6-3-9(8-19-12)14(23)21-7-1-2-11(21)13(22)20-10-4-5-10/h3,6,8,10-11H,1-2,4-5,7H2,(H,20,22). The summed E-state index contributed by atoms with van der Waals surface area (Å²) in [6.07, 6.45) is -0.452. The number of nitrogens with zero attached hydrogens (tertiary/aromatic N) is 2. The number of carbonyl (C=O) groups is 2. The first-order valence-corrected chi connectivity index (χ1v) is 7.51. The van der Waals surface area contributed by atoms with E-state index in [1.807, 2.05) is 0 Å². The fourth-order valence-corrected chi connectivity index (χ4v) is 2.66. The van der Waals surface area contributed by atoms with Crippen molar-refractivity contribution < 1.29 is 22.8 Å². The summed E-state index contributed by atoms with van der Waals surface area (Å²) in [6, 6.07) is 1.53. The van der Waals surface area contributed by atoms with Crippen LogP contribution in [0.25, 0.3) is 0 Å². The van der Waals surface area contributed by atoms with Crippen molar-refractivity contribution in [1.29, 1.82) is 0 Å². The summed E-state index contributed by atoms with van der Waals surface area (Å²) in [5.41, 5.74) is -0.984. The van der Waals surface area contributed by atoms with E-state index in [0.29, 0.717) is 19.4 Å². The number of alkyl halides is 3. The van der Waals surface area contributed by atoms with Crippen LogP contribution in [0.5, 0.6) is 0 Å². The molecule has 124 valence electrons. The molecule has 1 aliphatic heterocycles. The predicted molar refractivity (Wildman–Crippen MR) is 74.5 cm³/mol. The normalized spacial score (nSPS) is 21.3. The summed E-state index contributed by atoms with van der Waals surface area (Å²) in [5.74, 6) is -0.641. The van der Waals surface area contributed by atoms with Gasteiger partial charge >= 0.3 is 6.18 Å². The highest BCUT2D eigenvalue weighted by Crippen LogP contribution is 2.28.